The summed E-state index contributed by atoms with van der Waals surface area (Å²) < 4.78 is 0. The third-order valence-corrected chi connectivity index (χ3v) is 12.8. The standard InChI is InChI=1S/C50H61N9O5/c1-5-34(3)45(58-29-28-56(50(58)64)33-39-23-25-52-42-18-11-10-16-40(39)42)47(61)54-31-44(60)43(30-36-14-8-7-9-15-36)55-59(48(62)46(35(4)6-2)57-27-26-53-49(57)63)32-37-19-21-38(22-20-37)41-17-12-13-24-51-41/h7-25,34-35,43-46,55,60H,5-6,26-33H2,1-4H3,(H,53,63)(H,54,61). The van der Waals surface area contributed by atoms with Crippen LogP contribution in [0.15, 0.2) is 116 Å². The Kier molecular flexibility index (Phi) is 15.2. The molecule has 14 heteroatoms. The molecule has 0 radical (unpaired) electrons. The van der Waals surface area contributed by atoms with Crippen molar-refractivity contribution >= 4 is 34.8 Å². The molecule has 64 heavy (non-hydrogen) atoms. The first-order valence-electron chi connectivity index (χ1n) is 22.6. The first-order valence-corrected chi connectivity index (χ1v) is 22.6. The molecule has 4 heterocycles. The van der Waals surface area contributed by atoms with Gasteiger partial charge in [-0.25, -0.2) is 15.0 Å². The lowest BCUT2D eigenvalue weighted by atomic mass is 9.96. The second-order valence-electron chi connectivity index (χ2n) is 17.0. The number of hydrogen-bond acceptors (Lipinski definition) is 8. The van der Waals surface area contributed by atoms with Gasteiger partial charge in [-0.1, -0.05) is 119 Å². The topological polar surface area (TPSA) is 163 Å². The Bertz CT molecular complexity index is 2350. The quantitative estimate of drug-likeness (QED) is 0.0692. The van der Waals surface area contributed by atoms with Crippen LogP contribution in [0.1, 0.15) is 57.2 Å². The summed E-state index contributed by atoms with van der Waals surface area (Å²) in [5, 5.41) is 20.5. The van der Waals surface area contributed by atoms with E-state index < -0.39 is 24.2 Å². The second-order valence-corrected chi connectivity index (χ2v) is 17.0. The van der Waals surface area contributed by atoms with Crippen LogP contribution in [0.4, 0.5) is 9.59 Å². The predicted octanol–water partition coefficient (Wildman–Crippen LogP) is 6.01. The van der Waals surface area contributed by atoms with E-state index in [4.69, 9.17) is 0 Å². The van der Waals surface area contributed by atoms with Gasteiger partial charge in [0.25, 0.3) is 5.91 Å². The van der Waals surface area contributed by atoms with Gasteiger partial charge in [0.1, 0.15) is 12.1 Å². The van der Waals surface area contributed by atoms with Crippen LogP contribution in [-0.4, -0.2) is 116 Å². The molecule has 5 aromatic rings. The number of amides is 6. The number of aliphatic hydroxyl groups is 1. The van der Waals surface area contributed by atoms with E-state index in [2.05, 4.69) is 26.0 Å². The van der Waals surface area contributed by atoms with Crippen LogP contribution in [0.2, 0.25) is 0 Å². The molecule has 3 aromatic carbocycles. The third-order valence-electron chi connectivity index (χ3n) is 12.8. The van der Waals surface area contributed by atoms with Gasteiger partial charge in [0.15, 0.2) is 0 Å². The van der Waals surface area contributed by atoms with Crippen molar-refractivity contribution < 1.29 is 24.3 Å². The Labute approximate surface area is 376 Å². The second kappa shape index (κ2) is 21.3. The molecule has 0 saturated carbocycles. The average molecular weight is 868 g/mol. The molecule has 2 aromatic heterocycles. The van der Waals surface area contributed by atoms with Gasteiger partial charge >= 0.3 is 12.1 Å². The average Bonchev–Trinajstić information content (AvgIpc) is 3.91. The number of aliphatic hydroxyl groups excluding tert-OH is 1. The zero-order valence-electron chi connectivity index (χ0n) is 37.3. The maximum atomic E-state index is 15.0. The normalized spacial score (nSPS) is 16.9. The smallest absolute Gasteiger partial charge is 0.321 e. The number of aromatic nitrogens is 2. The summed E-state index contributed by atoms with van der Waals surface area (Å²) in [6, 6.07) is 30.2. The van der Waals surface area contributed by atoms with Gasteiger partial charge in [-0.2, -0.15) is 0 Å². The summed E-state index contributed by atoms with van der Waals surface area (Å²) in [5.74, 6) is -0.995. The van der Waals surface area contributed by atoms with Crippen LogP contribution >= 0.6 is 0 Å². The molecule has 4 N–H and O–H groups in total. The number of hydrazine groups is 1. The van der Waals surface area contributed by atoms with Crippen LogP contribution in [0, 0.1) is 11.8 Å². The number of benzene rings is 3. The first kappa shape index (κ1) is 45.6. The summed E-state index contributed by atoms with van der Waals surface area (Å²) in [5.41, 5.74) is 8.76. The van der Waals surface area contributed by atoms with E-state index >= 15 is 0 Å². The number of pyridine rings is 2. The summed E-state index contributed by atoms with van der Waals surface area (Å²) in [4.78, 5) is 70.4. The minimum Gasteiger partial charge on any atom is -0.390 e. The number of hydrogen-bond donors (Lipinski definition) is 4. The number of urea groups is 2. The Balaban J connectivity index is 1.12. The van der Waals surface area contributed by atoms with Crippen molar-refractivity contribution in [3.05, 3.63) is 132 Å². The number of fused-ring (bicyclic) bond motifs is 1. The van der Waals surface area contributed by atoms with E-state index in [-0.39, 0.29) is 48.8 Å². The fourth-order valence-electron chi connectivity index (χ4n) is 8.73. The molecule has 6 unspecified atom stereocenters. The van der Waals surface area contributed by atoms with Crippen molar-refractivity contribution in [3.63, 3.8) is 0 Å². The van der Waals surface area contributed by atoms with Gasteiger partial charge in [-0.15, -0.1) is 0 Å². The van der Waals surface area contributed by atoms with Crippen LogP contribution in [0.3, 0.4) is 0 Å². The van der Waals surface area contributed by atoms with Crippen LogP contribution < -0.4 is 16.1 Å². The molecule has 336 valence electrons. The summed E-state index contributed by atoms with van der Waals surface area (Å²) in [7, 11) is 0. The van der Waals surface area contributed by atoms with E-state index in [1.54, 1.807) is 27.1 Å². The van der Waals surface area contributed by atoms with Crippen molar-refractivity contribution in [2.45, 2.75) is 84.3 Å². The molecule has 14 nitrogen and oxygen atoms in total. The molecule has 0 spiro atoms. The summed E-state index contributed by atoms with van der Waals surface area (Å²) in [6.45, 7) is 10.0. The van der Waals surface area contributed by atoms with Gasteiger partial charge < -0.3 is 30.4 Å². The third kappa shape index (κ3) is 10.7. The summed E-state index contributed by atoms with van der Waals surface area (Å²) >= 11 is 0. The molecule has 0 bridgehead atoms. The predicted molar refractivity (Wildman–Crippen MR) is 247 cm³/mol. The van der Waals surface area contributed by atoms with E-state index in [9.17, 15) is 24.3 Å². The highest BCUT2D eigenvalue weighted by atomic mass is 16.3. The largest absolute Gasteiger partial charge is 0.390 e. The Morgan fingerprint density at radius 1 is 0.781 bits per heavy atom. The van der Waals surface area contributed by atoms with Crippen LogP contribution in [0.5, 0.6) is 0 Å². The SMILES string of the molecule is CCC(C)C(C(=O)N(Cc1ccc(-c2ccccn2)cc1)NC(Cc1ccccc1)C(O)CNC(=O)C(C(C)CC)N1CCN(Cc2ccnc3ccccc23)C1=O)N1CCNC1=O. The number of nitrogens with zero attached hydrogens (tertiary/aromatic N) is 6. The molecular formula is C50H61N9O5. The minimum atomic E-state index is -1.17. The van der Waals surface area contributed by atoms with E-state index in [1.807, 2.05) is 131 Å². The van der Waals surface area contributed by atoms with E-state index in [0.717, 1.165) is 38.9 Å². The zero-order valence-corrected chi connectivity index (χ0v) is 37.3. The van der Waals surface area contributed by atoms with Crippen molar-refractivity contribution in [1.82, 2.24) is 45.7 Å². The lowest BCUT2D eigenvalue weighted by molar-refractivity contribution is -0.143. The van der Waals surface area contributed by atoms with Crippen LogP contribution in [0.25, 0.3) is 22.2 Å². The van der Waals surface area contributed by atoms with Crippen LogP contribution in [-0.2, 0) is 29.1 Å². The first-order chi connectivity index (χ1) is 31.1. The van der Waals surface area contributed by atoms with E-state index in [1.165, 1.54) is 5.01 Å². The summed E-state index contributed by atoms with van der Waals surface area (Å²) in [6.07, 6.45) is 3.95. The molecule has 2 saturated heterocycles. The van der Waals surface area contributed by atoms with Gasteiger partial charge in [-0.05, 0) is 59.2 Å². The van der Waals surface area contributed by atoms with Gasteiger partial charge in [0.05, 0.1) is 29.9 Å². The molecular weight excluding hydrogens is 807 g/mol. The molecule has 2 aliphatic rings. The lowest BCUT2D eigenvalue weighted by Crippen LogP contribution is -2.61. The van der Waals surface area contributed by atoms with E-state index in [0.29, 0.717) is 52.0 Å². The number of nitrogens with one attached hydrogen (secondary N) is 3. The monoisotopic (exact) mass is 867 g/mol. The maximum Gasteiger partial charge on any atom is 0.321 e. The number of carbonyl (C=O) groups is 4. The van der Waals surface area contributed by atoms with Gasteiger partial charge in [0, 0.05) is 62.6 Å². The minimum absolute atomic E-state index is 0.132. The zero-order chi connectivity index (χ0) is 45.2. The van der Waals surface area contributed by atoms with Crippen molar-refractivity contribution in [1.29, 1.82) is 0 Å². The van der Waals surface area contributed by atoms with Gasteiger partial charge in [0.2, 0.25) is 5.91 Å². The fourth-order valence-corrected chi connectivity index (χ4v) is 8.73. The molecule has 2 fully saturated rings. The highest BCUT2D eigenvalue weighted by Crippen LogP contribution is 2.26. The highest BCUT2D eigenvalue weighted by molar-refractivity contribution is 5.89. The van der Waals surface area contributed by atoms with Crippen molar-refractivity contribution in [2.24, 2.45) is 11.8 Å². The number of para-hydroxylation sites is 1. The molecule has 2 aliphatic heterocycles. The Morgan fingerprint density at radius 2 is 1.50 bits per heavy atom. The van der Waals surface area contributed by atoms with Gasteiger partial charge in [-0.3, -0.25) is 24.6 Å². The number of carbonyl (C=O) groups excluding carboxylic acids is 4. The fraction of sp³-hybridized carbons (Fsp3) is 0.400. The van der Waals surface area contributed by atoms with Crippen molar-refractivity contribution in [2.75, 3.05) is 32.7 Å². The Morgan fingerprint density at radius 3 is 2.20 bits per heavy atom. The van der Waals surface area contributed by atoms with Crippen molar-refractivity contribution in [3.8, 4) is 11.3 Å². The molecule has 6 atom stereocenters. The molecule has 6 amide bonds. The number of rotatable bonds is 20. The maximum absolute atomic E-state index is 15.0. The molecule has 7 rings (SSSR count). The Hall–Kier alpha value is -6.38. The molecule has 0 aliphatic carbocycles. The highest BCUT2D eigenvalue weighted by Gasteiger charge is 2.42. The lowest BCUT2D eigenvalue weighted by Gasteiger charge is -2.38.